The van der Waals surface area contributed by atoms with E-state index in [0.29, 0.717) is 5.82 Å². The van der Waals surface area contributed by atoms with E-state index in [0.717, 1.165) is 4.96 Å². The Kier molecular flexibility index (Phi) is 2.41. The number of rotatable bonds is 1. The van der Waals surface area contributed by atoms with Crippen molar-refractivity contribution >= 4 is 22.1 Å². The van der Waals surface area contributed by atoms with Crippen molar-refractivity contribution in [1.82, 2.24) is 9.38 Å². The molecule has 0 atom stereocenters. The largest absolute Gasteiger partial charge is 0.382 e. The Bertz CT molecular complexity index is 737. The molecular formula is C14H15N3S. The molecule has 0 spiro atoms. The highest BCUT2D eigenvalue weighted by molar-refractivity contribution is 7.15. The van der Waals surface area contributed by atoms with Crippen LogP contribution in [0.1, 0.15) is 16.7 Å². The highest BCUT2D eigenvalue weighted by atomic mass is 32.1. The number of hydrogen-bond acceptors (Lipinski definition) is 3. The van der Waals surface area contributed by atoms with Gasteiger partial charge in [0.15, 0.2) is 4.96 Å². The van der Waals surface area contributed by atoms with Gasteiger partial charge in [0.1, 0.15) is 5.82 Å². The number of anilines is 1. The van der Waals surface area contributed by atoms with Crippen molar-refractivity contribution in [2.24, 2.45) is 0 Å². The van der Waals surface area contributed by atoms with E-state index in [9.17, 15) is 0 Å². The van der Waals surface area contributed by atoms with Crippen molar-refractivity contribution < 1.29 is 0 Å². The predicted molar refractivity (Wildman–Crippen MR) is 77.1 cm³/mol. The minimum absolute atomic E-state index is 0.574. The fourth-order valence-electron chi connectivity index (χ4n) is 2.23. The summed E-state index contributed by atoms with van der Waals surface area (Å²) in [4.78, 5) is 5.23. The van der Waals surface area contributed by atoms with E-state index in [1.165, 1.54) is 27.9 Å². The quantitative estimate of drug-likeness (QED) is 0.724. The lowest BCUT2D eigenvalue weighted by Gasteiger charge is -2.09. The third-order valence-electron chi connectivity index (χ3n) is 3.34. The molecule has 0 aliphatic carbocycles. The van der Waals surface area contributed by atoms with E-state index < -0.39 is 0 Å². The van der Waals surface area contributed by atoms with E-state index in [1.54, 1.807) is 11.3 Å². The number of aromatic nitrogens is 2. The number of nitrogens with two attached hydrogens (primary N) is 1. The maximum Gasteiger partial charge on any atom is 0.196 e. The third kappa shape index (κ3) is 1.61. The zero-order valence-electron chi connectivity index (χ0n) is 10.7. The fourth-order valence-corrected chi connectivity index (χ4v) is 3.11. The number of hydrogen-bond donors (Lipinski definition) is 1. The van der Waals surface area contributed by atoms with Crippen molar-refractivity contribution in [3.63, 3.8) is 0 Å². The molecule has 3 aromatic rings. The molecule has 4 heteroatoms. The van der Waals surface area contributed by atoms with Crippen molar-refractivity contribution in [1.29, 1.82) is 0 Å². The molecule has 0 aliphatic rings. The molecule has 0 saturated heterocycles. The molecule has 0 aliphatic heterocycles. The molecule has 0 radical (unpaired) electrons. The maximum absolute atomic E-state index is 5.75. The van der Waals surface area contributed by atoms with Crippen molar-refractivity contribution in [3.8, 4) is 11.3 Å². The zero-order valence-corrected chi connectivity index (χ0v) is 11.5. The van der Waals surface area contributed by atoms with Crippen LogP contribution in [0.3, 0.4) is 0 Å². The van der Waals surface area contributed by atoms with E-state index >= 15 is 0 Å². The lowest BCUT2D eigenvalue weighted by Crippen LogP contribution is -1.91. The average molecular weight is 257 g/mol. The first-order chi connectivity index (χ1) is 8.56. The molecule has 0 fully saturated rings. The van der Waals surface area contributed by atoms with Gasteiger partial charge < -0.3 is 5.73 Å². The van der Waals surface area contributed by atoms with E-state index in [-0.39, 0.29) is 0 Å². The number of nitrogen functional groups attached to an aromatic ring is 1. The molecule has 92 valence electrons. The summed E-state index contributed by atoms with van der Waals surface area (Å²) in [6, 6.07) is 4.47. The molecular weight excluding hydrogens is 242 g/mol. The smallest absolute Gasteiger partial charge is 0.196 e. The van der Waals surface area contributed by atoms with Gasteiger partial charge in [-0.2, -0.15) is 0 Å². The van der Waals surface area contributed by atoms with Crippen LogP contribution < -0.4 is 5.73 Å². The summed E-state index contributed by atoms with van der Waals surface area (Å²) in [6.07, 6.45) is 1.88. The number of fused-ring (bicyclic) bond motifs is 1. The first kappa shape index (κ1) is 11.3. The Labute approximate surface area is 110 Å². The lowest BCUT2D eigenvalue weighted by molar-refractivity contribution is 1.21. The SMILES string of the molecule is Cc1cc(C)c(-c2csc3nc(N)cn23)cc1C. The molecule has 0 saturated carbocycles. The van der Waals surface area contributed by atoms with Crippen LogP contribution in [0.4, 0.5) is 5.82 Å². The minimum Gasteiger partial charge on any atom is -0.382 e. The Balaban J connectivity index is 2.28. The summed E-state index contributed by atoms with van der Waals surface area (Å²) in [6.45, 7) is 6.43. The van der Waals surface area contributed by atoms with Crippen LogP contribution in [0.5, 0.6) is 0 Å². The highest BCUT2D eigenvalue weighted by Crippen LogP contribution is 2.30. The average Bonchev–Trinajstić information content (AvgIpc) is 2.82. The summed E-state index contributed by atoms with van der Waals surface area (Å²) < 4.78 is 2.07. The number of aryl methyl sites for hydroxylation is 3. The van der Waals surface area contributed by atoms with Crippen molar-refractivity contribution in [2.45, 2.75) is 20.8 Å². The molecule has 0 amide bonds. The summed E-state index contributed by atoms with van der Waals surface area (Å²) in [5.74, 6) is 0.574. The Hall–Kier alpha value is -1.81. The monoisotopic (exact) mass is 257 g/mol. The molecule has 18 heavy (non-hydrogen) atoms. The normalized spacial score (nSPS) is 11.3. The topological polar surface area (TPSA) is 43.3 Å². The molecule has 2 N–H and O–H groups in total. The molecule has 0 bridgehead atoms. The molecule has 2 heterocycles. The van der Waals surface area contributed by atoms with Crippen molar-refractivity contribution in [3.05, 3.63) is 40.4 Å². The zero-order chi connectivity index (χ0) is 12.9. The summed E-state index contributed by atoms with van der Waals surface area (Å²) in [5, 5.41) is 2.14. The first-order valence-electron chi connectivity index (χ1n) is 5.86. The van der Waals surface area contributed by atoms with Gasteiger partial charge in [0, 0.05) is 10.9 Å². The molecule has 2 aromatic heterocycles. The number of thiazole rings is 1. The predicted octanol–water partition coefficient (Wildman–Crippen LogP) is 3.57. The Morgan fingerprint density at radius 3 is 2.61 bits per heavy atom. The van der Waals surface area contributed by atoms with E-state index in [4.69, 9.17) is 5.73 Å². The first-order valence-corrected chi connectivity index (χ1v) is 6.74. The van der Waals surface area contributed by atoms with Crippen LogP contribution in [0.2, 0.25) is 0 Å². The molecule has 1 aromatic carbocycles. The van der Waals surface area contributed by atoms with Gasteiger partial charge in [-0.05, 0) is 43.5 Å². The maximum atomic E-state index is 5.75. The molecule has 3 nitrogen and oxygen atoms in total. The second kappa shape index (κ2) is 3.85. The Morgan fingerprint density at radius 1 is 1.11 bits per heavy atom. The second-order valence-corrected chi connectivity index (χ2v) is 5.53. The number of imidazole rings is 1. The van der Waals surface area contributed by atoms with Gasteiger partial charge in [-0.1, -0.05) is 6.07 Å². The summed E-state index contributed by atoms with van der Waals surface area (Å²) in [5.41, 5.74) is 12.1. The molecule has 3 rings (SSSR count). The van der Waals surface area contributed by atoms with Crippen LogP contribution in [-0.4, -0.2) is 9.38 Å². The molecule has 0 unspecified atom stereocenters. The van der Waals surface area contributed by atoms with Crippen molar-refractivity contribution in [2.75, 3.05) is 5.73 Å². The number of benzene rings is 1. The van der Waals surface area contributed by atoms with Gasteiger partial charge >= 0.3 is 0 Å². The summed E-state index contributed by atoms with van der Waals surface area (Å²) in [7, 11) is 0. The van der Waals surface area contributed by atoms with E-state index in [1.807, 2.05) is 6.20 Å². The van der Waals surface area contributed by atoms with E-state index in [2.05, 4.69) is 47.7 Å². The highest BCUT2D eigenvalue weighted by Gasteiger charge is 2.11. The standard InChI is InChI=1S/C14H15N3S/c1-8-4-10(3)11(5-9(8)2)12-7-18-14-16-13(15)6-17(12)14/h4-7H,15H2,1-3H3. The van der Waals surface area contributed by atoms with Crippen LogP contribution >= 0.6 is 11.3 Å². The lowest BCUT2D eigenvalue weighted by atomic mass is 9.99. The van der Waals surface area contributed by atoms with Gasteiger partial charge in [0.25, 0.3) is 0 Å². The third-order valence-corrected chi connectivity index (χ3v) is 4.18. The van der Waals surface area contributed by atoms with Gasteiger partial charge in [0.05, 0.1) is 11.9 Å². The number of nitrogens with zero attached hydrogens (tertiary/aromatic N) is 2. The Morgan fingerprint density at radius 2 is 1.83 bits per heavy atom. The minimum atomic E-state index is 0.574. The van der Waals surface area contributed by atoms with Gasteiger partial charge in [-0.3, -0.25) is 4.40 Å². The van der Waals surface area contributed by atoms with Gasteiger partial charge in [-0.15, -0.1) is 11.3 Å². The van der Waals surface area contributed by atoms with Crippen LogP contribution in [0, 0.1) is 20.8 Å². The van der Waals surface area contributed by atoms with Crippen LogP contribution in [0.15, 0.2) is 23.7 Å². The van der Waals surface area contributed by atoms with Gasteiger partial charge in [-0.25, -0.2) is 4.98 Å². The second-order valence-electron chi connectivity index (χ2n) is 4.69. The van der Waals surface area contributed by atoms with Crippen LogP contribution in [0.25, 0.3) is 16.2 Å². The fraction of sp³-hybridized carbons (Fsp3) is 0.214. The van der Waals surface area contributed by atoms with Gasteiger partial charge in [0.2, 0.25) is 0 Å². The van der Waals surface area contributed by atoms with Crippen LogP contribution in [-0.2, 0) is 0 Å². The summed E-state index contributed by atoms with van der Waals surface area (Å²) >= 11 is 1.62.